The summed E-state index contributed by atoms with van der Waals surface area (Å²) in [4.78, 5) is 0. The van der Waals surface area contributed by atoms with Crippen molar-refractivity contribution < 1.29 is 14.2 Å². The second-order valence-electron chi connectivity index (χ2n) is 6.04. The maximum atomic E-state index is 6.51. The summed E-state index contributed by atoms with van der Waals surface area (Å²) in [6.07, 6.45) is 2.18. The van der Waals surface area contributed by atoms with Gasteiger partial charge in [-0.1, -0.05) is 0 Å². The van der Waals surface area contributed by atoms with Gasteiger partial charge in [0.15, 0.2) is 11.5 Å². The van der Waals surface area contributed by atoms with Crippen LogP contribution in [0.15, 0.2) is 12.1 Å². The molecule has 0 amide bonds. The highest BCUT2D eigenvalue weighted by atomic mass is 16.6. The smallest absolute Gasteiger partial charge is 0.161 e. The molecule has 102 valence electrons. The lowest BCUT2D eigenvalue weighted by Crippen LogP contribution is -2.61. The zero-order valence-electron chi connectivity index (χ0n) is 11.2. The van der Waals surface area contributed by atoms with Gasteiger partial charge in [-0.3, -0.25) is 0 Å². The number of hydrogen-bond acceptors (Lipinski definition) is 4. The Labute approximate surface area is 112 Å². The van der Waals surface area contributed by atoms with Crippen molar-refractivity contribution in [2.75, 3.05) is 26.4 Å². The summed E-state index contributed by atoms with van der Waals surface area (Å²) in [5, 5.41) is 0. The molecular weight excluding hydrogens is 242 g/mol. The van der Waals surface area contributed by atoms with Gasteiger partial charge in [0.25, 0.3) is 0 Å². The lowest BCUT2D eigenvalue weighted by atomic mass is 9.69. The normalized spacial score (nSPS) is 25.6. The largest absolute Gasteiger partial charge is 0.486 e. The first-order chi connectivity index (χ1) is 9.15. The van der Waals surface area contributed by atoms with E-state index < -0.39 is 0 Å². The van der Waals surface area contributed by atoms with E-state index in [4.69, 9.17) is 19.9 Å². The van der Waals surface area contributed by atoms with Crippen molar-refractivity contribution in [1.82, 2.24) is 0 Å². The van der Waals surface area contributed by atoms with Crippen LogP contribution in [0.2, 0.25) is 0 Å². The minimum atomic E-state index is -0.0836. The summed E-state index contributed by atoms with van der Waals surface area (Å²) >= 11 is 0. The van der Waals surface area contributed by atoms with Gasteiger partial charge in [0, 0.05) is 5.54 Å². The van der Waals surface area contributed by atoms with E-state index in [1.54, 1.807) is 0 Å². The predicted octanol–water partition coefficient (Wildman–Crippen LogP) is 1.53. The van der Waals surface area contributed by atoms with Gasteiger partial charge in [-0.05, 0) is 43.0 Å². The fraction of sp³-hybridized carbons (Fsp3) is 0.600. The van der Waals surface area contributed by atoms with Crippen molar-refractivity contribution in [3.63, 3.8) is 0 Å². The SMILES string of the molecule is Cc1cc2c(cc1C1(C3(N)CC3)COC1)OCCO2. The van der Waals surface area contributed by atoms with Crippen molar-refractivity contribution in [1.29, 1.82) is 0 Å². The van der Waals surface area contributed by atoms with E-state index >= 15 is 0 Å². The zero-order valence-corrected chi connectivity index (χ0v) is 11.2. The highest BCUT2D eigenvalue weighted by Crippen LogP contribution is 2.55. The third kappa shape index (κ3) is 1.47. The van der Waals surface area contributed by atoms with Crippen LogP contribution in [0.4, 0.5) is 0 Å². The summed E-state index contributed by atoms with van der Waals surface area (Å²) in [5.41, 5.74) is 8.91. The number of ether oxygens (including phenoxy) is 3. The molecule has 4 rings (SSSR count). The standard InChI is InChI=1S/C15H19NO3/c1-10-6-12-13(19-5-4-18-12)7-11(10)14(8-17-9-14)15(16)2-3-15/h6-7H,2-5,8-9,16H2,1H3. The van der Waals surface area contributed by atoms with Crippen LogP contribution in [0, 0.1) is 6.92 Å². The fourth-order valence-electron chi connectivity index (χ4n) is 3.34. The molecule has 2 heterocycles. The number of benzene rings is 1. The Morgan fingerprint density at radius 1 is 1.05 bits per heavy atom. The molecule has 2 N–H and O–H groups in total. The number of rotatable bonds is 2. The van der Waals surface area contributed by atoms with Crippen molar-refractivity contribution in [3.8, 4) is 11.5 Å². The molecule has 0 bridgehead atoms. The summed E-state index contributed by atoms with van der Waals surface area (Å²) in [7, 11) is 0. The molecule has 2 fully saturated rings. The number of fused-ring (bicyclic) bond motifs is 1. The molecule has 0 radical (unpaired) electrons. The first kappa shape index (κ1) is 11.6. The monoisotopic (exact) mass is 261 g/mol. The predicted molar refractivity (Wildman–Crippen MR) is 70.8 cm³/mol. The molecule has 1 saturated heterocycles. The molecule has 1 saturated carbocycles. The van der Waals surface area contributed by atoms with Crippen LogP contribution in [-0.4, -0.2) is 32.0 Å². The van der Waals surface area contributed by atoms with Gasteiger partial charge in [-0.15, -0.1) is 0 Å². The van der Waals surface area contributed by atoms with E-state index in [1.807, 2.05) is 0 Å². The van der Waals surface area contributed by atoms with Crippen molar-refractivity contribution in [2.24, 2.45) is 5.73 Å². The zero-order chi connectivity index (χ0) is 13.1. The van der Waals surface area contributed by atoms with E-state index in [0.29, 0.717) is 13.2 Å². The summed E-state index contributed by atoms with van der Waals surface area (Å²) in [6.45, 7) is 4.82. The molecule has 2 aliphatic heterocycles. The second-order valence-corrected chi connectivity index (χ2v) is 6.04. The quantitative estimate of drug-likeness (QED) is 0.877. The Balaban J connectivity index is 1.82. The molecule has 4 nitrogen and oxygen atoms in total. The lowest BCUT2D eigenvalue weighted by molar-refractivity contribution is -0.0790. The van der Waals surface area contributed by atoms with E-state index in [1.165, 1.54) is 11.1 Å². The molecule has 1 aromatic rings. The van der Waals surface area contributed by atoms with Gasteiger partial charge in [0.1, 0.15) is 13.2 Å². The molecule has 0 aromatic heterocycles. The molecule has 1 aliphatic carbocycles. The van der Waals surface area contributed by atoms with Gasteiger partial charge in [0.2, 0.25) is 0 Å². The van der Waals surface area contributed by atoms with Crippen molar-refractivity contribution in [2.45, 2.75) is 30.7 Å². The summed E-state index contributed by atoms with van der Waals surface area (Å²) in [6, 6.07) is 4.20. The summed E-state index contributed by atoms with van der Waals surface area (Å²) in [5.74, 6) is 1.70. The minimum absolute atomic E-state index is 0.0209. The van der Waals surface area contributed by atoms with Crippen LogP contribution in [0.25, 0.3) is 0 Å². The fourth-order valence-corrected chi connectivity index (χ4v) is 3.34. The maximum Gasteiger partial charge on any atom is 0.161 e. The van der Waals surface area contributed by atoms with Crippen LogP contribution in [-0.2, 0) is 10.2 Å². The number of nitrogens with two attached hydrogens (primary N) is 1. The highest BCUT2D eigenvalue weighted by Gasteiger charge is 2.62. The summed E-state index contributed by atoms with van der Waals surface area (Å²) < 4.78 is 16.9. The Morgan fingerprint density at radius 2 is 1.68 bits per heavy atom. The third-order valence-corrected chi connectivity index (χ3v) is 4.84. The average molecular weight is 261 g/mol. The topological polar surface area (TPSA) is 53.7 Å². The molecule has 0 unspecified atom stereocenters. The average Bonchev–Trinajstić information content (AvgIpc) is 3.07. The van der Waals surface area contributed by atoms with Crippen LogP contribution in [0.5, 0.6) is 11.5 Å². The molecule has 0 spiro atoms. The molecule has 19 heavy (non-hydrogen) atoms. The van der Waals surface area contributed by atoms with Crippen LogP contribution >= 0.6 is 0 Å². The van der Waals surface area contributed by atoms with E-state index in [9.17, 15) is 0 Å². The van der Waals surface area contributed by atoms with Crippen LogP contribution in [0.3, 0.4) is 0 Å². The van der Waals surface area contributed by atoms with Crippen LogP contribution in [0.1, 0.15) is 24.0 Å². The number of hydrogen-bond donors (Lipinski definition) is 1. The third-order valence-electron chi connectivity index (χ3n) is 4.84. The maximum absolute atomic E-state index is 6.51. The van der Waals surface area contributed by atoms with Gasteiger partial charge in [-0.2, -0.15) is 0 Å². The van der Waals surface area contributed by atoms with Gasteiger partial charge < -0.3 is 19.9 Å². The van der Waals surface area contributed by atoms with Crippen molar-refractivity contribution in [3.05, 3.63) is 23.3 Å². The Bertz CT molecular complexity index is 532. The highest BCUT2D eigenvalue weighted by molar-refractivity contribution is 5.53. The Hall–Kier alpha value is -1.26. The van der Waals surface area contributed by atoms with Gasteiger partial charge >= 0.3 is 0 Å². The van der Waals surface area contributed by atoms with Gasteiger partial charge in [-0.25, -0.2) is 0 Å². The minimum Gasteiger partial charge on any atom is -0.486 e. The van der Waals surface area contributed by atoms with Gasteiger partial charge in [0.05, 0.1) is 18.6 Å². The number of aryl methyl sites for hydroxylation is 1. The first-order valence-corrected chi connectivity index (χ1v) is 6.92. The van der Waals surface area contributed by atoms with E-state index in [-0.39, 0.29) is 11.0 Å². The Kier molecular flexibility index (Phi) is 2.22. The van der Waals surface area contributed by atoms with E-state index in [2.05, 4.69) is 19.1 Å². The molecule has 3 aliphatic rings. The van der Waals surface area contributed by atoms with Crippen LogP contribution < -0.4 is 15.2 Å². The van der Waals surface area contributed by atoms with E-state index in [0.717, 1.165) is 37.6 Å². The second kappa shape index (κ2) is 3.64. The van der Waals surface area contributed by atoms with Crippen molar-refractivity contribution >= 4 is 0 Å². The molecule has 0 atom stereocenters. The molecule has 1 aromatic carbocycles. The Morgan fingerprint density at radius 3 is 2.21 bits per heavy atom. The molecular formula is C15H19NO3. The first-order valence-electron chi connectivity index (χ1n) is 6.92. The lowest BCUT2D eigenvalue weighted by Gasteiger charge is -2.48. The molecule has 4 heteroatoms.